The summed E-state index contributed by atoms with van der Waals surface area (Å²) in [4.78, 5) is 35.1. The second-order valence-electron chi connectivity index (χ2n) is 7.72. The molecule has 3 amide bonds. The minimum absolute atomic E-state index is 0.131. The summed E-state index contributed by atoms with van der Waals surface area (Å²) in [6, 6.07) is 22.5. The number of nitrogens with zero attached hydrogens (tertiary/aromatic N) is 1. The van der Waals surface area contributed by atoms with Gasteiger partial charge in [0, 0.05) is 19.1 Å². The van der Waals surface area contributed by atoms with Gasteiger partial charge in [-0.3, -0.25) is 14.9 Å². The topological polar surface area (TPSA) is 123 Å². The number of hydrogen-bond acceptors (Lipinski definition) is 5. The van der Waals surface area contributed by atoms with Gasteiger partial charge in [0.1, 0.15) is 5.75 Å². The van der Waals surface area contributed by atoms with E-state index in [4.69, 9.17) is 4.74 Å². The number of amides is 3. The van der Waals surface area contributed by atoms with Crippen molar-refractivity contribution >= 4 is 45.5 Å². The Bertz CT molecular complexity index is 1450. The summed E-state index contributed by atoms with van der Waals surface area (Å²) in [6.07, 6.45) is 0. The third-order valence-electron chi connectivity index (χ3n) is 5.30. The Morgan fingerprint density at radius 3 is 2.17 bits per heavy atom. The van der Waals surface area contributed by atoms with Gasteiger partial charge >= 0.3 is 6.03 Å². The number of carbonyl (C=O) groups is 2. The number of nitro benzene ring substituents is 1. The van der Waals surface area contributed by atoms with E-state index >= 15 is 0 Å². The van der Waals surface area contributed by atoms with Crippen LogP contribution in [0.2, 0.25) is 0 Å². The Morgan fingerprint density at radius 1 is 0.771 bits per heavy atom. The lowest BCUT2D eigenvalue weighted by molar-refractivity contribution is -0.384. The minimum Gasteiger partial charge on any atom is -0.495 e. The van der Waals surface area contributed by atoms with Crippen molar-refractivity contribution in [2.75, 3.05) is 23.1 Å². The van der Waals surface area contributed by atoms with Crippen LogP contribution in [0.3, 0.4) is 0 Å². The summed E-state index contributed by atoms with van der Waals surface area (Å²) in [6.45, 7) is 1.37. The van der Waals surface area contributed by atoms with E-state index in [1.807, 2.05) is 48.5 Å². The standard InChI is InChI=1S/C26H22N4O5/c1-16(31)27-22-11-9-20(19-8-7-17-5-3-4-6-18(17)13-19)14-23(22)28-26(32)29-24-15-21(30(33)34)10-12-25(24)35-2/h3-15H,1-2H3,(H,27,31)(H2,28,29,32). The monoisotopic (exact) mass is 470 g/mol. The molecule has 0 spiro atoms. The number of non-ortho nitro benzene ring substituents is 1. The maximum absolute atomic E-state index is 12.8. The molecule has 0 saturated carbocycles. The number of nitrogens with one attached hydrogen (secondary N) is 3. The van der Waals surface area contributed by atoms with Gasteiger partial charge in [0.15, 0.2) is 0 Å². The van der Waals surface area contributed by atoms with E-state index in [0.717, 1.165) is 21.9 Å². The third kappa shape index (κ3) is 5.36. The third-order valence-corrected chi connectivity index (χ3v) is 5.30. The van der Waals surface area contributed by atoms with E-state index in [9.17, 15) is 19.7 Å². The molecule has 0 aliphatic heterocycles. The first-order valence-electron chi connectivity index (χ1n) is 10.7. The number of anilines is 3. The van der Waals surface area contributed by atoms with Crippen molar-refractivity contribution in [1.82, 2.24) is 0 Å². The molecule has 0 unspecified atom stereocenters. The van der Waals surface area contributed by atoms with Gasteiger partial charge < -0.3 is 20.7 Å². The summed E-state index contributed by atoms with van der Waals surface area (Å²) >= 11 is 0. The quantitative estimate of drug-likeness (QED) is 0.235. The molecule has 0 fully saturated rings. The van der Waals surface area contributed by atoms with Crippen molar-refractivity contribution in [2.45, 2.75) is 6.92 Å². The lowest BCUT2D eigenvalue weighted by Gasteiger charge is -2.15. The van der Waals surface area contributed by atoms with Crippen LogP contribution in [-0.2, 0) is 4.79 Å². The number of nitro groups is 1. The highest BCUT2D eigenvalue weighted by atomic mass is 16.6. The van der Waals surface area contributed by atoms with E-state index in [1.165, 1.54) is 32.2 Å². The molecule has 4 aromatic rings. The number of methoxy groups -OCH3 is 1. The second-order valence-corrected chi connectivity index (χ2v) is 7.72. The van der Waals surface area contributed by atoms with Gasteiger partial charge in [-0.1, -0.05) is 42.5 Å². The van der Waals surface area contributed by atoms with Crippen molar-refractivity contribution in [3.8, 4) is 16.9 Å². The van der Waals surface area contributed by atoms with Crippen LogP contribution in [0.4, 0.5) is 27.5 Å². The molecule has 176 valence electrons. The van der Waals surface area contributed by atoms with Crippen molar-refractivity contribution in [2.24, 2.45) is 0 Å². The Hall–Kier alpha value is -4.92. The molecule has 0 saturated heterocycles. The van der Waals surface area contributed by atoms with E-state index < -0.39 is 11.0 Å². The van der Waals surface area contributed by atoms with Gasteiger partial charge in [-0.25, -0.2) is 4.79 Å². The molecule has 9 heteroatoms. The van der Waals surface area contributed by atoms with Crippen LogP contribution in [0.5, 0.6) is 5.75 Å². The van der Waals surface area contributed by atoms with Gasteiger partial charge in [-0.05, 0) is 46.2 Å². The lowest BCUT2D eigenvalue weighted by Crippen LogP contribution is -2.21. The molecule has 0 aliphatic carbocycles. The molecule has 4 rings (SSSR count). The normalized spacial score (nSPS) is 10.5. The van der Waals surface area contributed by atoms with E-state index in [2.05, 4.69) is 16.0 Å². The number of benzene rings is 4. The zero-order valence-electron chi connectivity index (χ0n) is 19.0. The fourth-order valence-electron chi connectivity index (χ4n) is 3.68. The summed E-state index contributed by atoms with van der Waals surface area (Å²) in [5.41, 5.74) is 2.45. The van der Waals surface area contributed by atoms with Crippen molar-refractivity contribution in [3.05, 3.63) is 89.0 Å². The fraction of sp³-hybridized carbons (Fsp3) is 0.0769. The molecular weight excluding hydrogens is 448 g/mol. The Labute approximate surface area is 200 Å². The second kappa shape index (κ2) is 9.92. The van der Waals surface area contributed by atoms with Crippen LogP contribution in [0.25, 0.3) is 21.9 Å². The lowest BCUT2D eigenvalue weighted by atomic mass is 10.0. The van der Waals surface area contributed by atoms with Crippen LogP contribution in [0.15, 0.2) is 78.9 Å². The number of carbonyl (C=O) groups excluding carboxylic acids is 2. The first kappa shape index (κ1) is 23.2. The van der Waals surface area contributed by atoms with Crippen LogP contribution in [0, 0.1) is 10.1 Å². The summed E-state index contributed by atoms with van der Waals surface area (Å²) < 4.78 is 5.20. The molecule has 0 aliphatic rings. The van der Waals surface area contributed by atoms with Gasteiger partial charge in [0.2, 0.25) is 5.91 Å². The largest absolute Gasteiger partial charge is 0.495 e. The number of ether oxygens (including phenoxy) is 1. The smallest absolute Gasteiger partial charge is 0.323 e. The molecule has 35 heavy (non-hydrogen) atoms. The summed E-state index contributed by atoms with van der Waals surface area (Å²) in [5, 5.41) is 21.3. The highest BCUT2D eigenvalue weighted by Crippen LogP contribution is 2.32. The predicted molar refractivity (Wildman–Crippen MR) is 136 cm³/mol. The van der Waals surface area contributed by atoms with Crippen LogP contribution in [-0.4, -0.2) is 24.0 Å². The van der Waals surface area contributed by atoms with Crippen molar-refractivity contribution in [1.29, 1.82) is 0 Å². The van der Waals surface area contributed by atoms with Gasteiger partial charge in [-0.15, -0.1) is 0 Å². The number of hydrogen-bond donors (Lipinski definition) is 3. The number of urea groups is 1. The van der Waals surface area contributed by atoms with Gasteiger partial charge in [0.25, 0.3) is 5.69 Å². The average Bonchev–Trinajstić information content (AvgIpc) is 2.84. The minimum atomic E-state index is -0.661. The fourth-order valence-corrected chi connectivity index (χ4v) is 3.68. The first-order valence-corrected chi connectivity index (χ1v) is 10.7. The molecule has 0 aromatic heterocycles. The van der Waals surface area contributed by atoms with Crippen molar-refractivity contribution in [3.63, 3.8) is 0 Å². The molecule has 0 bridgehead atoms. The number of fused-ring (bicyclic) bond motifs is 1. The van der Waals surface area contributed by atoms with E-state index in [-0.39, 0.29) is 23.0 Å². The average molecular weight is 470 g/mol. The Balaban J connectivity index is 1.65. The Kier molecular flexibility index (Phi) is 6.59. The highest BCUT2D eigenvalue weighted by molar-refractivity contribution is 6.05. The molecule has 3 N–H and O–H groups in total. The van der Waals surface area contributed by atoms with Crippen LogP contribution < -0.4 is 20.7 Å². The summed E-state index contributed by atoms with van der Waals surface area (Å²) in [5.74, 6) is -0.0370. The molecule has 9 nitrogen and oxygen atoms in total. The van der Waals surface area contributed by atoms with Gasteiger partial charge in [-0.2, -0.15) is 0 Å². The first-order chi connectivity index (χ1) is 16.8. The molecule has 0 atom stereocenters. The van der Waals surface area contributed by atoms with Crippen LogP contribution in [0.1, 0.15) is 6.92 Å². The zero-order chi connectivity index (χ0) is 24.9. The molecule has 0 heterocycles. The maximum atomic E-state index is 12.8. The van der Waals surface area contributed by atoms with Gasteiger partial charge in [0.05, 0.1) is 29.1 Å². The van der Waals surface area contributed by atoms with E-state index in [1.54, 1.807) is 12.1 Å². The molecule has 0 radical (unpaired) electrons. The maximum Gasteiger partial charge on any atom is 0.323 e. The predicted octanol–water partition coefficient (Wildman–Crippen LogP) is 6.03. The number of rotatable bonds is 6. The van der Waals surface area contributed by atoms with Crippen LogP contribution >= 0.6 is 0 Å². The SMILES string of the molecule is COc1ccc([N+](=O)[O-])cc1NC(=O)Nc1cc(-c2ccc3ccccc3c2)ccc1NC(C)=O. The van der Waals surface area contributed by atoms with E-state index in [0.29, 0.717) is 11.4 Å². The highest BCUT2D eigenvalue weighted by Gasteiger charge is 2.16. The zero-order valence-corrected chi connectivity index (χ0v) is 19.0. The Morgan fingerprint density at radius 2 is 1.46 bits per heavy atom. The molecule has 4 aromatic carbocycles. The summed E-state index contributed by atoms with van der Waals surface area (Å²) in [7, 11) is 1.40. The molecular formula is C26H22N4O5. The van der Waals surface area contributed by atoms with Crippen molar-refractivity contribution < 1.29 is 19.2 Å².